The smallest absolute Gasteiger partial charge is 0.255 e. The molecule has 0 spiro atoms. The number of carbonyl (C=O) groups is 3. The predicted molar refractivity (Wildman–Crippen MR) is 127 cm³/mol. The Kier molecular flexibility index (Phi) is 5.38. The average molecular weight is 476 g/mol. The molecule has 3 amide bonds. The number of aromatic nitrogens is 2. The van der Waals surface area contributed by atoms with Crippen LogP contribution in [0.3, 0.4) is 0 Å². The summed E-state index contributed by atoms with van der Waals surface area (Å²) in [6.45, 7) is 3.25. The van der Waals surface area contributed by atoms with Gasteiger partial charge >= 0.3 is 0 Å². The van der Waals surface area contributed by atoms with E-state index in [4.69, 9.17) is 0 Å². The summed E-state index contributed by atoms with van der Waals surface area (Å²) in [5, 5.41) is 5.63. The van der Waals surface area contributed by atoms with Crippen molar-refractivity contribution in [3.63, 3.8) is 0 Å². The third-order valence-electron chi connectivity index (χ3n) is 7.26. The summed E-state index contributed by atoms with van der Waals surface area (Å²) >= 11 is 1.66. The van der Waals surface area contributed by atoms with Crippen molar-refractivity contribution in [2.75, 3.05) is 13.1 Å². The maximum atomic E-state index is 12.9. The van der Waals surface area contributed by atoms with Crippen LogP contribution in [-0.4, -0.2) is 56.6 Å². The lowest BCUT2D eigenvalue weighted by atomic mass is 9.91. The number of likely N-dealkylation sites (tertiary alicyclic amines) is 1. The van der Waals surface area contributed by atoms with Crippen LogP contribution < -0.4 is 5.32 Å². The Morgan fingerprint density at radius 1 is 1.06 bits per heavy atom. The molecule has 3 aliphatic rings. The molecular formula is C25H25N5O3S. The topological polar surface area (TPSA) is 95.5 Å². The molecule has 5 heterocycles. The van der Waals surface area contributed by atoms with Gasteiger partial charge in [-0.3, -0.25) is 24.6 Å². The van der Waals surface area contributed by atoms with Crippen LogP contribution in [0, 0.1) is 0 Å². The number of rotatable bonds is 4. The van der Waals surface area contributed by atoms with Crippen molar-refractivity contribution in [2.24, 2.45) is 0 Å². The monoisotopic (exact) mass is 475 g/mol. The van der Waals surface area contributed by atoms with Crippen molar-refractivity contribution >= 4 is 39.3 Å². The lowest BCUT2D eigenvalue weighted by Gasteiger charge is -2.32. The Morgan fingerprint density at radius 3 is 2.74 bits per heavy atom. The Balaban J connectivity index is 1.10. The molecule has 0 aliphatic carbocycles. The average Bonchev–Trinajstić information content (AvgIpc) is 3.44. The number of thiophene rings is 1. The maximum absolute atomic E-state index is 12.9. The first-order valence-corrected chi connectivity index (χ1v) is 12.6. The summed E-state index contributed by atoms with van der Waals surface area (Å²) in [6.07, 6.45) is 4.47. The fraction of sp³-hybridized carbons (Fsp3) is 0.400. The van der Waals surface area contributed by atoms with Crippen molar-refractivity contribution in [2.45, 2.75) is 50.7 Å². The summed E-state index contributed by atoms with van der Waals surface area (Å²) in [7, 11) is 0. The number of piperidine rings is 2. The highest BCUT2D eigenvalue weighted by Crippen LogP contribution is 2.33. The molecule has 1 unspecified atom stereocenters. The second-order valence-corrected chi connectivity index (χ2v) is 10.2. The second-order valence-electron chi connectivity index (χ2n) is 9.34. The minimum absolute atomic E-state index is 0.124. The molecule has 1 atom stereocenters. The van der Waals surface area contributed by atoms with E-state index in [9.17, 15) is 14.4 Å². The maximum Gasteiger partial charge on any atom is 0.255 e. The highest BCUT2D eigenvalue weighted by molar-refractivity contribution is 7.16. The van der Waals surface area contributed by atoms with E-state index < -0.39 is 6.04 Å². The first-order valence-electron chi connectivity index (χ1n) is 11.7. The van der Waals surface area contributed by atoms with Crippen molar-refractivity contribution < 1.29 is 14.4 Å². The van der Waals surface area contributed by atoms with Gasteiger partial charge in [-0.25, -0.2) is 9.97 Å². The standard InChI is InChI=1S/C25H25N5O3S/c31-21-4-3-20(23(32)28-21)30-13-17-11-15(1-2-18(17)25(30)33)12-29-8-5-16(6-9-29)22-19-7-10-34-24(19)27-14-26-22/h1-2,7,10-11,14,16,20H,3-6,8-9,12-13H2,(H,28,31,32). The van der Waals surface area contributed by atoms with Crippen LogP contribution in [0.1, 0.15) is 58.8 Å². The molecule has 0 bridgehead atoms. The summed E-state index contributed by atoms with van der Waals surface area (Å²) < 4.78 is 0. The van der Waals surface area contributed by atoms with Crippen molar-refractivity contribution in [1.29, 1.82) is 0 Å². The van der Waals surface area contributed by atoms with Gasteiger partial charge < -0.3 is 4.90 Å². The highest BCUT2D eigenvalue weighted by atomic mass is 32.1. The molecule has 8 nitrogen and oxygen atoms in total. The number of fused-ring (bicyclic) bond motifs is 2. The van der Waals surface area contributed by atoms with Gasteiger partial charge in [-0.15, -0.1) is 11.3 Å². The molecule has 0 radical (unpaired) electrons. The fourth-order valence-electron chi connectivity index (χ4n) is 5.48. The number of imide groups is 1. The van der Waals surface area contributed by atoms with Crippen LogP contribution in [0.4, 0.5) is 0 Å². The number of nitrogens with one attached hydrogen (secondary N) is 1. The number of carbonyl (C=O) groups excluding carboxylic acids is 3. The summed E-state index contributed by atoms with van der Waals surface area (Å²) in [5.74, 6) is -0.308. The van der Waals surface area contributed by atoms with E-state index >= 15 is 0 Å². The summed E-state index contributed by atoms with van der Waals surface area (Å²) in [4.78, 5) is 50.7. The molecule has 34 heavy (non-hydrogen) atoms. The molecule has 9 heteroatoms. The van der Waals surface area contributed by atoms with Gasteiger partial charge in [-0.1, -0.05) is 12.1 Å². The number of nitrogens with zero attached hydrogens (tertiary/aromatic N) is 4. The Morgan fingerprint density at radius 2 is 1.91 bits per heavy atom. The van der Waals surface area contributed by atoms with E-state index in [0.717, 1.165) is 42.9 Å². The molecule has 0 saturated carbocycles. The molecule has 6 rings (SSSR count). The molecule has 1 aromatic carbocycles. The van der Waals surface area contributed by atoms with Gasteiger partial charge in [-0.05, 0) is 61.0 Å². The SMILES string of the molecule is O=C1CCC(N2Cc3cc(CN4CCC(c5ncnc6sccc56)CC4)ccc3C2=O)C(=O)N1. The van der Waals surface area contributed by atoms with E-state index in [-0.39, 0.29) is 24.1 Å². The van der Waals surface area contributed by atoms with Crippen LogP contribution in [0.2, 0.25) is 0 Å². The number of hydrogen-bond donors (Lipinski definition) is 1. The van der Waals surface area contributed by atoms with E-state index in [1.54, 1.807) is 22.6 Å². The zero-order chi connectivity index (χ0) is 23.2. The van der Waals surface area contributed by atoms with Gasteiger partial charge in [0.1, 0.15) is 17.2 Å². The largest absolute Gasteiger partial charge is 0.322 e. The third kappa shape index (κ3) is 3.78. The molecule has 2 aromatic heterocycles. The Bertz CT molecular complexity index is 1300. The van der Waals surface area contributed by atoms with Gasteiger partial charge in [0, 0.05) is 36.4 Å². The molecule has 2 fully saturated rings. The summed E-state index contributed by atoms with van der Waals surface area (Å²) in [6, 6.07) is 7.57. The quantitative estimate of drug-likeness (QED) is 0.583. The number of benzene rings is 1. The highest BCUT2D eigenvalue weighted by Gasteiger charge is 2.39. The van der Waals surface area contributed by atoms with Gasteiger partial charge in [0.05, 0.1) is 5.69 Å². The summed E-state index contributed by atoms with van der Waals surface area (Å²) in [5.41, 5.74) is 3.98. The predicted octanol–water partition coefficient (Wildman–Crippen LogP) is 2.83. The van der Waals surface area contributed by atoms with Gasteiger partial charge in [0.25, 0.3) is 5.91 Å². The lowest BCUT2D eigenvalue weighted by Crippen LogP contribution is -2.52. The van der Waals surface area contributed by atoms with Crippen molar-refractivity contribution in [3.05, 3.63) is 58.4 Å². The van der Waals surface area contributed by atoms with Crippen LogP contribution in [0.15, 0.2) is 36.0 Å². The van der Waals surface area contributed by atoms with Crippen LogP contribution >= 0.6 is 11.3 Å². The first-order chi connectivity index (χ1) is 16.6. The molecule has 3 aromatic rings. The zero-order valence-electron chi connectivity index (χ0n) is 18.7. The van der Waals surface area contributed by atoms with E-state index in [1.807, 2.05) is 12.1 Å². The minimum atomic E-state index is -0.573. The zero-order valence-corrected chi connectivity index (χ0v) is 19.5. The third-order valence-corrected chi connectivity index (χ3v) is 8.08. The first kappa shape index (κ1) is 21.4. The van der Waals surface area contributed by atoms with E-state index in [2.05, 4.69) is 37.7 Å². The number of hydrogen-bond acceptors (Lipinski definition) is 7. The van der Waals surface area contributed by atoms with Gasteiger partial charge in [-0.2, -0.15) is 0 Å². The number of amides is 3. The molecule has 3 aliphatic heterocycles. The molecule has 174 valence electrons. The van der Waals surface area contributed by atoms with Crippen molar-refractivity contribution in [1.82, 2.24) is 25.1 Å². The van der Waals surface area contributed by atoms with Crippen LogP contribution in [0.5, 0.6) is 0 Å². The van der Waals surface area contributed by atoms with Crippen LogP contribution in [-0.2, 0) is 22.7 Å². The fourth-order valence-corrected chi connectivity index (χ4v) is 6.22. The molecule has 1 N–H and O–H groups in total. The molecule has 2 saturated heterocycles. The molecular weight excluding hydrogens is 450 g/mol. The Labute approximate surface area is 201 Å². The van der Waals surface area contributed by atoms with Gasteiger partial charge in [0.2, 0.25) is 11.8 Å². The minimum Gasteiger partial charge on any atom is -0.322 e. The van der Waals surface area contributed by atoms with E-state index in [1.165, 1.54) is 16.6 Å². The Hall–Kier alpha value is -3.17. The normalized spacial score (nSPS) is 21.8. The van der Waals surface area contributed by atoms with Gasteiger partial charge in [0.15, 0.2) is 0 Å². The van der Waals surface area contributed by atoms with E-state index in [0.29, 0.717) is 24.4 Å². The lowest BCUT2D eigenvalue weighted by molar-refractivity contribution is -0.136. The van der Waals surface area contributed by atoms with Crippen LogP contribution in [0.25, 0.3) is 10.2 Å². The van der Waals surface area contributed by atoms with Crippen molar-refractivity contribution in [3.8, 4) is 0 Å². The second kappa shape index (κ2) is 8.56.